The first kappa shape index (κ1) is 19.8. The maximum atomic E-state index is 12.0. The molecule has 1 unspecified atom stereocenters. The number of amides is 2. The third-order valence-corrected chi connectivity index (χ3v) is 3.91. The molecule has 9 nitrogen and oxygen atoms in total. The number of benzene rings is 1. The molecule has 9 heteroatoms. The van der Waals surface area contributed by atoms with Gasteiger partial charge >= 0.3 is 0 Å². The van der Waals surface area contributed by atoms with Gasteiger partial charge in [0.25, 0.3) is 5.91 Å². The standard InChI is InChI=1S/C17H23N3O6/c1-9(21)17(24)16(10(2)25-3)20-26-8-15(23)18-12-4-5-13-11(6-12)7-14(22)19-13/h4-6,9-10,17,21,24H,7-8H2,1-3H3,(H,18,23)(H,19,22)/b20-16-/t9-,10+,17?/m1/s1. The van der Waals surface area contributed by atoms with Gasteiger partial charge in [0.15, 0.2) is 6.61 Å². The fraction of sp³-hybridized carbons (Fsp3) is 0.471. The first-order valence-electron chi connectivity index (χ1n) is 8.13. The smallest absolute Gasteiger partial charge is 0.265 e. The van der Waals surface area contributed by atoms with E-state index in [0.29, 0.717) is 5.69 Å². The topological polar surface area (TPSA) is 129 Å². The van der Waals surface area contributed by atoms with Gasteiger partial charge in [-0.1, -0.05) is 5.16 Å². The summed E-state index contributed by atoms with van der Waals surface area (Å²) < 4.78 is 5.07. The Labute approximate surface area is 151 Å². The first-order chi connectivity index (χ1) is 12.3. The Balaban J connectivity index is 1.93. The van der Waals surface area contributed by atoms with Gasteiger partial charge in [-0.05, 0) is 37.6 Å². The fourth-order valence-electron chi connectivity index (χ4n) is 2.41. The Hall–Kier alpha value is -2.49. The predicted octanol–water partition coefficient (Wildman–Crippen LogP) is 0.269. The number of aliphatic hydroxyl groups is 2. The number of oxime groups is 1. The van der Waals surface area contributed by atoms with E-state index in [1.165, 1.54) is 14.0 Å². The first-order valence-corrected chi connectivity index (χ1v) is 8.13. The number of carbonyl (C=O) groups is 2. The number of aliphatic hydroxyl groups excluding tert-OH is 2. The van der Waals surface area contributed by atoms with Gasteiger partial charge in [-0.3, -0.25) is 9.59 Å². The van der Waals surface area contributed by atoms with E-state index in [-0.39, 0.29) is 24.6 Å². The van der Waals surface area contributed by atoms with Crippen LogP contribution in [-0.4, -0.2) is 59.8 Å². The minimum Gasteiger partial charge on any atom is -0.390 e. The molecule has 142 valence electrons. The lowest BCUT2D eigenvalue weighted by molar-refractivity contribution is -0.120. The number of nitrogens with zero attached hydrogens (tertiary/aromatic N) is 1. The maximum Gasteiger partial charge on any atom is 0.265 e. The highest BCUT2D eigenvalue weighted by Gasteiger charge is 2.24. The van der Waals surface area contributed by atoms with Crippen LogP contribution in [0.5, 0.6) is 0 Å². The van der Waals surface area contributed by atoms with Crippen LogP contribution in [0.3, 0.4) is 0 Å². The van der Waals surface area contributed by atoms with Crippen LogP contribution in [0.1, 0.15) is 19.4 Å². The van der Waals surface area contributed by atoms with Gasteiger partial charge in [-0.2, -0.15) is 0 Å². The number of hydrogen-bond donors (Lipinski definition) is 4. The summed E-state index contributed by atoms with van der Waals surface area (Å²) in [7, 11) is 1.43. The number of hydrogen-bond acceptors (Lipinski definition) is 7. The molecule has 1 aliphatic rings. The Morgan fingerprint density at radius 3 is 2.77 bits per heavy atom. The molecule has 0 aliphatic carbocycles. The van der Waals surface area contributed by atoms with Gasteiger partial charge in [-0.15, -0.1) is 0 Å². The fourth-order valence-corrected chi connectivity index (χ4v) is 2.41. The van der Waals surface area contributed by atoms with Crippen molar-refractivity contribution in [3.05, 3.63) is 23.8 Å². The second-order valence-electron chi connectivity index (χ2n) is 6.00. The second-order valence-corrected chi connectivity index (χ2v) is 6.00. The Morgan fingerprint density at radius 2 is 2.12 bits per heavy atom. The van der Waals surface area contributed by atoms with Crippen LogP contribution >= 0.6 is 0 Å². The van der Waals surface area contributed by atoms with Crippen LogP contribution in [0.25, 0.3) is 0 Å². The van der Waals surface area contributed by atoms with E-state index in [1.807, 2.05) is 0 Å². The van der Waals surface area contributed by atoms with Crippen LogP contribution in [0.15, 0.2) is 23.4 Å². The summed E-state index contributed by atoms with van der Waals surface area (Å²) >= 11 is 0. The van der Waals surface area contributed by atoms with Crippen LogP contribution in [0.2, 0.25) is 0 Å². The molecule has 1 aliphatic heterocycles. The van der Waals surface area contributed by atoms with E-state index in [4.69, 9.17) is 9.57 Å². The molecule has 0 saturated carbocycles. The van der Waals surface area contributed by atoms with Gasteiger partial charge in [0, 0.05) is 18.5 Å². The van der Waals surface area contributed by atoms with E-state index in [2.05, 4.69) is 15.8 Å². The number of carbonyl (C=O) groups excluding carboxylic acids is 2. The summed E-state index contributed by atoms with van der Waals surface area (Å²) in [6, 6.07) is 5.09. The molecule has 1 heterocycles. The van der Waals surface area contributed by atoms with Gasteiger partial charge in [-0.25, -0.2) is 0 Å². The summed E-state index contributed by atoms with van der Waals surface area (Å²) in [5.74, 6) is -0.542. The zero-order valence-corrected chi connectivity index (χ0v) is 14.9. The average Bonchev–Trinajstić information content (AvgIpc) is 2.96. The molecule has 0 fully saturated rings. The Morgan fingerprint density at radius 1 is 1.38 bits per heavy atom. The van der Waals surface area contributed by atoms with Crippen LogP contribution < -0.4 is 10.6 Å². The minimum atomic E-state index is -1.27. The zero-order chi connectivity index (χ0) is 19.3. The highest BCUT2D eigenvalue weighted by molar-refractivity contribution is 6.00. The summed E-state index contributed by atoms with van der Waals surface area (Å²) in [5, 5.41) is 28.5. The highest BCUT2D eigenvalue weighted by Crippen LogP contribution is 2.25. The molecule has 2 rings (SSSR count). The third-order valence-electron chi connectivity index (χ3n) is 3.91. The molecule has 0 bridgehead atoms. The highest BCUT2D eigenvalue weighted by atomic mass is 16.6. The second kappa shape index (κ2) is 8.75. The van der Waals surface area contributed by atoms with Crippen molar-refractivity contribution in [2.45, 2.75) is 38.6 Å². The summed E-state index contributed by atoms with van der Waals surface area (Å²) in [6.07, 6.45) is -2.65. The molecule has 0 saturated heterocycles. The number of rotatable bonds is 8. The Bertz CT molecular complexity index is 704. The molecule has 2 amide bonds. The van der Waals surface area contributed by atoms with E-state index in [0.717, 1.165) is 11.3 Å². The lowest BCUT2D eigenvalue weighted by atomic mass is 10.1. The van der Waals surface area contributed by atoms with Gasteiger partial charge < -0.3 is 30.4 Å². The summed E-state index contributed by atoms with van der Waals surface area (Å²) in [6.45, 7) is 2.65. The van der Waals surface area contributed by atoms with E-state index in [1.54, 1.807) is 25.1 Å². The molecule has 0 spiro atoms. The van der Waals surface area contributed by atoms with E-state index < -0.39 is 24.2 Å². The number of fused-ring (bicyclic) bond motifs is 1. The van der Waals surface area contributed by atoms with Crippen LogP contribution in [0, 0.1) is 0 Å². The van der Waals surface area contributed by atoms with Crippen LogP contribution in [-0.2, 0) is 25.6 Å². The third kappa shape index (κ3) is 5.01. The number of methoxy groups -OCH3 is 1. The Kier molecular flexibility index (Phi) is 6.67. The lowest BCUT2D eigenvalue weighted by Crippen LogP contribution is -2.39. The summed E-state index contributed by atoms with van der Waals surface area (Å²) in [5.41, 5.74) is 2.16. The SMILES string of the molecule is CO[C@@H](C)/C(=N/OCC(=O)Nc1ccc2c(c1)CC(=O)N2)C(O)[C@@H](C)O. The summed E-state index contributed by atoms with van der Waals surface area (Å²) in [4.78, 5) is 28.3. The lowest BCUT2D eigenvalue weighted by Gasteiger charge is -2.20. The van der Waals surface area contributed by atoms with Gasteiger partial charge in [0.05, 0.1) is 18.6 Å². The molecular weight excluding hydrogens is 342 g/mol. The van der Waals surface area contributed by atoms with Crippen molar-refractivity contribution in [2.24, 2.45) is 5.16 Å². The monoisotopic (exact) mass is 365 g/mol. The van der Waals surface area contributed by atoms with Crippen molar-refractivity contribution >= 4 is 28.9 Å². The molecule has 4 N–H and O–H groups in total. The van der Waals surface area contributed by atoms with E-state index in [9.17, 15) is 19.8 Å². The van der Waals surface area contributed by atoms with Crippen molar-refractivity contribution in [2.75, 3.05) is 24.4 Å². The zero-order valence-electron chi connectivity index (χ0n) is 14.9. The molecule has 1 aromatic rings. The van der Waals surface area contributed by atoms with Crippen molar-refractivity contribution in [1.82, 2.24) is 0 Å². The van der Waals surface area contributed by atoms with Crippen molar-refractivity contribution in [1.29, 1.82) is 0 Å². The number of nitrogens with one attached hydrogen (secondary N) is 2. The van der Waals surface area contributed by atoms with Crippen molar-refractivity contribution in [3.8, 4) is 0 Å². The average molecular weight is 365 g/mol. The molecule has 3 atom stereocenters. The molecular formula is C17H23N3O6. The minimum absolute atomic E-state index is 0.0809. The number of ether oxygens (including phenoxy) is 1. The predicted molar refractivity (Wildman–Crippen MR) is 95.0 cm³/mol. The molecule has 26 heavy (non-hydrogen) atoms. The normalized spacial score (nSPS) is 17.1. The van der Waals surface area contributed by atoms with Crippen molar-refractivity contribution < 1.29 is 29.4 Å². The largest absolute Gasteiger partial charge is 0.390 e. The van der Waals surface area contributed by atoms with Crippen LogP contribution in [0.4, 0.5) is 11.4 Å². The van der Waals surface area contributed by atoms with E-state index >= 15 is 0 Å². The van der Waals surface area contributed by atoms with Gasteiger partial charge in [0.2, 0.25) is 5.91 Å². The molecule has 0 aromatic heterocycles. The number of anilines is 2. The molecule has 1 aromatic carbocycles. The van der Waals surface area contributed by atoms with Crippen molar-refractivity contribution in [3.63, 3.8) is 0 Å². The maximum absolute atomic E-state index is 12.0. The molecule has 0 radical (unpaired) electrons. The quantitative estimate of drug-likeness (QED) is 0.386. The van der Waals surface area contributed by atoms with Gasteiger partial charge in [0.1, 0.15) is 11.8 Å².